The first kappa shape index (κ1) is 18.5. The fourth-order valence-corrected chi connectivity index (χ4v) is 2.12. The van der Waals surface area contributed by atoms with Crippen LogP contribution < -0.4 is 21.1 Å². The zero-order chi connectivity index (χ0) is 18.9. The fourth-order valence-electron chi connectivity index (χ4n) is 2.12. The number of para-hydroxylation sites is 1. The minimum Gasteiger partial charge on any atom is -0.494 e. The number of nitrogens with two attached hydrogens (primary N) is 1. The number of carbonyl (C=O) groups excluding carboxylic acids is 2. The molecule has 7 nitrogen and oxygen atoms in total. The summed E-state index contributed by atoms with van der Waals surface area (Å²) in [6, 6.07) is 15.1. The van der Waals surface area contributed by atoms with Crippen molar-refractivity contribution in [3.63, 3.8) is 0 Å². The molecule has 0 spiro atoms. The molecule has 0 aliphatic rings. The van der Waals surface area contributed by atoms with Crippen molar-refractivity contribution in [2.45, 2.75) is 6.92 Å². The number of benzene rings is 2. The Balaban J connectivity index is 2.10. The van der Waals surface area contributed by atoms with Crippen molar-refractivity contribution in [3.8, 4) is 11.8 Å². The van der Waals surface area contributed by atoms with Crippen LogP contribution in [-0.4, -0.2) is 18.4 Å². The largest absolute Gasteiger partial charge is 0.494 e. The van der Waals surface area contributed by atoms with Gasteiger partial charge in [0.25, 0.3) is 11.8 Å². The van der Waals surface area contributed by atoms with E-state index in [1.165, 1.54) is 6.20 Å². The molecular formula is C19H18N4O3. The molecule has 4 N–H and O–H groups in total. The topological polar surface area (TPSA) is 117 Å². The zero-order valence-corrected chi connectivity index (χ0v) is 14.2. The van der Waals surface area contributed by atoms with Crippen LogP contribution in [0, 0.1) is 11.3 Å². The van der Waals surface area contributed by atoms with Gasteiger partial charge in [-0.3, -0.25) is 9.59 Å². The van der Waals surface area contributed by atoms with E-state index in [4.69, 9.17) is 10.5 Å². The van der Waals surface area contributed by atoms with Crippen molar-refractivity contribution in [2.75, 3.05) is 17.2 Å². The third kappa shape index (κ3) is 4.85. The Labute approximate surface area is 151 Å². The highest BCUT2D eigenvalue weighted by atomic mass is 16.5. The number of ether oxygens (including phenoxy) is 1. The van der Waals surface area contributed by atoms with Crippen molar-refractivity contribution >= 4 is 23.2 Å². The van der Waals surface area contributed by atoms with Crippen LogP contribution in [0.25, 0.3) is 0 Å². The maximum absolute atomic E-state index is 12.2. The van der Waals surface area contributed by atoms with Gasteiger partial charge < -0.3 is 21.1 Å². The summed E-state index contributed by atoms with van der Waals surface area (Å²) in [6.45, 7) is 2.43. The number of anilines is 2. The van der Waals surface area contributed by atoms with Gasteiger partial charge in [-0.15, -0.1) is 0 Å². The fraction of sp³-hybridized carbons (Fsp3) is 0.105. The quantitative estimate of drug-likeness (QED) is 0.524. The molecule has 132 valence electrons. The van der Waals surface area contributed by atoms with E-state index in [2.05, 4.69) is 10.6 Å². The molecule has 2 aromatic carbocycles. The highest BCUT2D eigenvalue weighted by molar-refractivity contribution is 6.07. The van der Waals surface area contributed by atoms with E-state index in [0.717, 1.165) is 0 Å². The lowest BCUT2D eigenvalue weighted by Gasteiger charge is -2.08. The summed E-state index contributed by atoms with van der Waals surface area (Å²) in [6.07, 6.45) is 1.23. The predicted molar refractivity (Wildman–Crippen MR) is 98.5 cm³/mol. The Bertz CT molecular complexity index is 867. The van der Waals surface area contributed by atoms with Gasteiger partial charge in [-0.05, 0) is 43.3 Å². The number of rotatable bonds is 7. The molecule has 26 heavy (non-hydrogen) atoms. The number of hydrogen-bond donors (Lipinski definition) is 3. The number of nitrogens with zero attached hydrogens (tertiary/aromatic N) is 1. The molecule has 0 fully saturated rings. The number of nitriles is 1. The van der Waals surface area contributed by atoms with Gasteiger partial charge in [-0.1, -0.05) is 12.1 Å². The van der Waals surface area contributed by atoms with E-state index < -0.39 is 11.8 Å². The molecule has 0 aliphatic carbocycles. The van der Waals surface area contributed by atoms with Crippen LogP contribution in [0.4, 0.5) is 11.4 Å². The molecular weight excluding hydrogens is 332 g/mol. The minimum atomic E-state index is -0.612. The standard InChI is InChI=1S/C19H18N4O3/c1-2-26-15-9-7-14(8-10-15)23-19(25)13(11-20)12-22-17-6-4-3-5-16(17)18(21)24/h3-10,12,22H,2H2,1H3,(H2,21,24)(H,23,25)/b13-12-. The lowest BCUT2D eigenvalue weighted by Crippen LogP contribution is -2.16. The van der Waals surface area contributed by atoms with Crippen molar-refractivity contribution in [2.24, 2.45) is 5.73 Å². The van der Waals surface area contributed by atoms with E-state index in [9.17, 15) is 14.9 Å². The molecule has 0 saturated heterocycles. The molecule has 2 aromatic rings. The first-order valence-electron chi connectivity index (χ1n) is 7.85. The van der Waals surface area contributed by atoms with Crippen LogP contribution in [-0.2, 0) is 4.79 Å². The predicted octanol–water partition coefficient (Wildman–Crippen LogP) is 2.64. The van der Waals surface area contributed by atoms with Crippen molar-refractivity contribution in [1.29, 1.82) is 5.26 Å². The monoisotopic (exact) mass is 350 g/mol. The van der Waals surface area contributed by atoms with E-state index in [0.29, 0.717) is 23.7 Å². The molecule has 0 unspecified atom stereocenters. The minimum absolute atomic E-state index is 0.154. The molecule has 0 aromatic heterocycles. The Morgan fingerprint density at radius 2 is 1.88 bits per heavy atom. The molecule has 0 bridgehead atoms. The molecule has 0 saturated carbocycles. The summed E-state index contributed by atoms with van der Waals surface area (Å²) >= 11 is 0. The van der Waals surface area contributed by atoms with Crippen LogP contribution in [0.15, 0.2) is 60.3 Å². The third-order valence-electron chi connectivity index (χ3n) is 3.35. The summed E-state index contributed by atoms with van der Waals surface area (Å²) in [5.74, 6) is -0.508. The van der Waals surface area contributed by atoms with Crippen LogP contribution in [0.1, 0.15) is 17.3 Å². The summed E-state index contributed by atoms with van der Waals surface area (Å²) < 4.78 is 5.33. The summed E-state index contributed by atoms with van der Waals surface area (Å²) in [5.41, 5.74) is 6.33. The second-order valence-electron chi connectivity index (χ2n) is 5.14. The maximum Gasteiger partial charge on any atom is 0.267 e. The Morgan fingerprint density at radius 1 is 1.19 bits per heavy atom. The normalized spacial score (nSPS) is 10.5. The van der Waals surface area contributed by atoms with Gasteiger partial charge in [0.05, 0.1) is 17.9 Å². The smallest absolute Gasteiger partial charge is 0.267 e. The number of amides is 2. The summed E-state index contributed by atoms with van der Waals surface area (Å²) in [7, 11) is 0. The third-order valence-corrected chi connectivity index (χ3v) is 3.35. The molecule has 0 radical (unpaired) electrons. The Morgan fingerprint density at radius 3 is 2.50 bits per heavy atom. The average Bonchev–Trinajstić information content (AvgIpc) is 2.64. The molecule has 0 heterocycles. The molecule has 0 aliphatic heterocycles. The van der Waals surface area contributed by atoms with Crippen LogP contribution in [0.5, 0.6) is 5.75 Å². The van der Waals surface area contributed by atoms with Crippen LogP contribution >= 0.6 is 0 Å². The lowest BCUT2D eigenvalue weighted by molar-refractivity contribution is -0.112. The van der Waals surface area contributed by atoms with Gasteiger partial charge >= 0.3 is 0 Å². The lowest BCUT2D eigenvalue weighted by atomic mass is 10.1. The molecule has 2 rings (SSSR count). The van der Waals surface area contributed by atoms with Crippen LogP contribution in [0.3, 0.4) is 0 Å². The SMILES string of the molecule is CCOc1ccc(NC(=O)/C(C#N)=C\Nc2ccccc2C(N)=O)cc1. The van der Waals surface area contributed by atoms with Crippen molar-refractivity contribution in [1.82, 2.24) is 0 Å². The molecule has 2 amide bonds. The van der Waals surface area contributed by atoms with Gasteiger partial charge in [0, 0.05) is 11.9 Å². The van der Waals surface area contributed by atoms with Crippen molar-refractivity contribution < 1.29 is 14.3 Å². The van der Waals surface area contributed by atoms with E-state index in [1.807, 2.05) is 13.0 Å². The van der Waals surface area contributed by atoms with E-state index in [-0.39, 0.29) is 11.1 Å². The summed E-state index contributed by atoms with van der Waals surface area (Å²) in [4.78, 5) is 23.6. The molecule has 7 heteroatoms. The summed E-state index contributed by atoms with van der Waals surface area (Å²) in [5, 5.41) is 14.6. The Kier molecular flexibility index (Phi) is 6.34. The maximum atomic E-state index is 12.2. The first-order chi connectivity index (χ1) is 12.5. The van der Waals surface area contributed by atoms with Gasteiger partial charge in [0.2, 0.25) is 0 Å². The first-order valence-corrected chi connectivity index (χ1v) is 7.85. The molecule has 0 atom stereocenters. The highest BCUT2D eigenvalue weighted by Crippen LogP contribution is 2.17. The van der Waals surface area contributed by atoms with Crippen molar-refractivity contribution in [3.05, 3.63) is 65.9 Å². The van der Waals surface area contributed by atoms with Gasteiger partial charge in [0.15, 0.2) is 0 Å². The van der Waals surface area contributed by atoms with Gasteiger partial charge in [0.1, 0.15) is 17.4 Å². The Hall–Kier alpha value is -3.79. The van der Waals surface area contributed by atoms with E-state index in [1.54, 1.807) is 48.5 Å². The second kappa shape index (κ2) is 8.89. The number of hydrogen-bond acceptors (Lipinski definition) is 5. The van der Waals surface area contributed by atoms with Gasteiger partial charge in [-0.25, -0.2) is 0 Å². The van der Waals surface area contributed by atoms with Gasteiger partial charge in [-0.2, -0.15) is 5.26 Å². The number of carbonyl (C=O) groups is 2. The van der Waals surface area contributed by atoms with E-state index >= 15 is 0 Å². The highest BCUT2D eigenvalue weighted by Gasteiger charge is 2.11. The van der Waals surface area contributed by atoms with Crippen LogP contribution in [0.2, 0.25) is 0 Å². The number of nitrogens with one attached hydrogen (secondary N) is 2. The second-order valence-corrected chi connectivity index (χ2v) is 5.14. The average molecular weight is 350 g/mol. The number of primary amides is 1. The zero-order valence-electron chi connectivity index (χ0n) is 14.2.